The molecule has 0 aromatic heterocycles. The number of halogens is 3. The summed E-state index contributed by atoms with van der Waals surface area (Å²) in [5, 5.41) is 20.0. The SMILES string of the molecule is CS(=O)(=O)CNc1cc(C(=O)N[C@@H](Cc2ccccc2)[C@H](O)CNCc2cccc(OC(F)(F)F)c2)cc(C(=O)N2CCCC2c2ccccc2)c1. The number of anilines is 1. The van der Waals surface area contributed by atoms with Gasteiger partial charge in [0.05, 0.1) is 18.2 Å². The molecule has 10 nitrogen and oxygen atoms in total. The number of alkyl halides is 3. The summed E-state index contributed by atoms with van der Waals surface area (Å²) in [4.78, 5) is 29.7. The van der Waals surface area contributed by atoms with E-state index in [2.05, 4.69) is 20.7 Å². The minimum Gasteiger partial charge on any atom is -0.406 e. The number of nitrogens with zero attached hydrogens (tertiary/aromatic N) is 1. The van der Waals surface area contributed by atoms with Gasteiger partial charge in [-0.1, -0.05) is 72.8 Å². The lowest BCUT2D eigenvalue weighted by Crippen LogP contribution is -2.48. The molecule has 1 aliphatic rings. The summed E-state index contributed by atoms with van der Waals surface area (Å²) in [7, 11) is -3.46. The first-order chi connectivity index (χ1) is 24.7. The fourth-order valence-electron chi connectivity index (χ4n) is 6.16. The van der Waals surface area contributed by atoms with Crippen molar-refractivity contribution in [1.82, 2.24) is 15.5 Å². The minimum absolute atomic E-state index is 0.0301. The highest BCUT2D eigenvalue weighted by Gasteiger charge is 2.32. The second kappa shape index (κ2) is 17.1. The zero-order chi connectivity index (χ0) is 37.3. The molecule has 276 valence electrons. The molecule has 1 aliphatic heterocycles. The standard InChI is InChI=1S/C38H41F3N4O6S/c1-52(49,50)25-43-31-21-29(20-30(22-31)37(48)45-17-9-16-34(45)28-13-6-3-7-14-28)36(47)44-33(19-26-10-4-2-5-11-26)35(46)24-42-23-27-12-8-15-32(18-27)51-38(39,40)41/h2-8,10-15,18,20-22,33-35,42-43,46H,9,16-17,19,23-25H2,1H3,(H,44,47)/t33-,34?,35+/m0/s1. The quantitative estimate of drug-likeness (QED) is 0.126. The number of ether oxygens (including phenoxy) is 1. The van der Waals surface area contributed by atoms with Crippen LogP contribution >= 0.6 is 0 Å². The van der Waals surface area contributed by atoms with E-state index in [1.54, 1.807) is 11.0 Å². The van der Waals surface area contributed by atoms with Crippen LogP contribution in [0.4, 0.5) is 18.9 Å². The van der Waals surface area contributed by atoms with Gasteiger partial charge in [0.15, 0.2) is 9.84 Å². The van der Waals surface area contributed by atoms with Gasteiger partial charge < -0.3 is 30.7 Å². The molecular formula is C38H41F3N4O6S. The van der Waals surface area contributed by atoms with Gasteiger partial charge in [-0.3, -0.25) is 9.59 Å². The van der Waals surface area contributed by atoms with Crippen LogP contribution in [0.15, 0.2) is 103 Å². The lowest BCUT2D eigenvalue weighted by Gasteiger charge is -2.26. The number of aliphatic hydroxyl groups is 1. The monoisotopic (exact) mass is 738 g/mol. The molecule has 1 heterocycles. The van der Waals surface area contributed by atoms with Crippen LogP contribution in [0.5, 0.6) is 5.75 Å². The third-order valence-corrected chi connectivity index (χ3v) is 9.24. The Morgan fingerprint density at radius 2 is 1.60 bits per heavy atom. The maximum absolute atomic E-state index is 14.0. The molecule has 4 N–H and O–H groups in total. The molecule has 0 aliphatic carbocycles. The van der Waals surface area contributed by atoms with Crippen molar-refractivity contribution in [2.45, 2.75) is 50.4 Å². The summed E-state index contributed by atoms with van der Waals surface area (Å²) < 4.78 is 66.1. The number of nitrogens with one attached hydrogen (secondary N) is 3. The maximum atomic E-state index is 14.0. The Balaban J connectivity index is 1.36. The van der Waals surface area contributed by atoms with Gasteiger partial charge in [0.1, 0.15) is 11.6 Å². The summed E-state index contributed by atoms with van der Waals surface area (Å²) in [5.41, 5.74) is 2.84. The molecule has 0 spiro atoms. The summed E-state index contributed by atoms with van der Waals surface area (Å²) in [6, 6.07) is 27.7. The van der Waals surface area contributed by atoms with Crippen LogP contribution in [0.2, 0.25) is 0 Å². The molecule has 14 heteroatoms. The largest absolute Gasteiger partial charge is 0.573 e. The molecule has 4 aromatic carbocycles. The van der Waals surface area contributed by atoms with Crippen molar-refractivity contribution >= 4 is 27.3 Å². The Labute approximate surface area is 300 Å². The molecule has 52 heavy (non-hydrogen) atoms. The number of hydrogen-bond donors (Lipinski definition) is 4. The number of likely N-dealkylation sites (tertiary alicyclic amines) is 1. The summed E-state index contributed by atoms with van der Waals surface area (Å²) >= 11 is 0. The van der Waals surface area contributed by atoms with Gasteiger partial charge in [-0.2, -0.15) is 0 Å². The predicted molar refractivity (Wildman–Crippen MR) is 191 cm³/mol. The number of rotatable bonds is 15. The lowest BCUT2D eigenvalue weighted by molar-refractivity contribution is -0.274. The van der Waals surface area contributed by atoms with E-state index in [9.17, 15) is 36.3 Å². The van der Waals surface area contributed by atoms with E-state index in [1.165, 1.54) is 36.4 Å². The first-order valence-electron chi connectivity index (χ1n) is 16.7. The van der Waals surface area contributed by atoms with Gasteiger partial charge in [-0.25, -0.2) is 8.42 Å². The fourth-order valence-corrected chi connectivity index (χ4v) is 6.59. The third kappa shape index (κ3) is 11.3. The number of aliphatic hydroxyl groups excluding tert-OH is 1. The summed E-state index contributed by atoms with van der Waals surface area (Å²) in [6.07, 6.45) is -3.12. The summed E-state index contributed by atoms with van der Waals surface area (Å²) in [6.45, 7) is 0.592. The first-order valence-corrected chi connectivity index (χ1v) is 18.8. The number of amides is 2. The highest BCUT2D eigenvalue weighted by molar-refractivity contribution is 7.90. The maximum Gasteiger partial charge on any atom is 0.573 e. The Morgan fingerprint density at radius 1 is 0.923 bits per heavy atom. The van der Waals surface area contributed by atoms with E-state index in [4.69, 9.17) is 0 Å². The minimum atomic E-state index is -4.83. The summed E-state index contributed by atoms with van der Waals surface area (Å²) in [5.74, 6) is -1.70. The van der Waals surface area contributed by atoms with Crippen molar-refractivity contribution in [2.24, 2.45) is 0 Å². The van der Waals surface area contributed by atoms with Crippen molar-refractivity contribution in [2.75, 3.05) is 30.5 Å². The molecule has 5 rings (SSSR count). The van der Waals surface area contributed by atoms with Crippen LogP contribution in [-0.4, -0.2) is 74.0 Å². The Bertz CT molecular complexity index is 1930. The van der Waals surface area contributed by atoms with Crippen molar-refractivity contribution in [3.05, 3.63) is 131 Å². The number of hydrogen-bond acceptors (Lipinski definition) is 8. The molecule has 3 atom stereocenters. The molecule has 1 saturated heterocycles. The zero-order valence-electron chi connectivity index (χ0n) is 28.5. The van der Waals surface area contributed by atoms with Gasteiger partial charge in [-0.05, 0) is 66.3 Å². The van der Waals surface area contributed by atoms with Crippen LogP contribution in [0.3, 0.4) is 0 Å². The van der Waals surface area contributed by atoms with Crippen LogP contribution in [0, 0.1) is 0 Å². The molecule has 1 unspecified atom stereocenters. The van der Waals surface area contributed by atoms with E-state index >= 15 is 0 Å². The van der Waals surface area contributed by atoms with Crippen molar-refractivity contribution in [3.8, 4) is 5.75 Å². The fraction of sp³-hybridized carbons (Fsp3) is 0.316. The van der Waals surface area contributed by atoms with Crippen LogP contribution in [0.25, 0.3) is 0 Å². The average Bonchev–Trinajstić information content (AvgIpc) is 3.60. The van der Waals surface area contributed by atoms with E-state index in [1.807, 2.05) is 60.7 Å². The topological polar surface area (TPSA) is 137 Å². The average molecular weight is 739 g/mol. The van der Waals surface area contributed by atoms with Crippen LogP contribution in [-0.2, 0) is 22.8 Å². The molecule has 1 fully saturated rings. The van der Waals surface area contributed by atoms with Gasteiger partial charge >= 0.3 is 6.36 Å². The molecule has 4 aromatic rings. The number of sulfone groups is 1. The highest BCUT2D eigenvalue weighted by atomic mass is 32.2. The van der Waals surface area contributed by atoms with Crippen molar-refractivity contribution < 1.29 is 41.0 Å². The van der Waals surface area contributed by atoms with Crippen LogP contribution in [0.1, 0.15) is 56.3 Å². The molecule has 0 radical (unpaired) electrons. The van der Waals surface area contributed by atoms with Crippen molar-refractivity contribution in [1.29, 1.82) is 0 Å². The van der Waals surface area contributed by atoms with Gasteiger partial charge in [0.2, 0.25) is 0 Å². The van der Waals surface area contributed by atoms with E-state index in [0.29, 0.717) is 12.1 Å². The Morgan fingerprint density at radius 3 is 2.29 bits per heavy atom. The molecule has 0 saturated carbocycles. The third-order valence-electron chi connectivity index (χ3n) is 8.57. The number of carbonyl (C=O) groups is 2. The second-order valence-corrected chi connectivity index (χ2v) is 14.9. The van der Waals surface area contributed by atoms with Gasteiger partial charge in [0, 0.05) is 42.7 Å². The number of carbonyl (C=O) groups excluding carboxylic acids is 2. The van der Waals surface area contributed by atoms with Crippen molar-refractivity contribution in [3.63, 3.8) is 0 Å². The van der Waals surface area contributed by atoms with E-state index in [0.717, 1.165) is 30.2 Å². The van der Waals surface area contributed by atoms with Gasteiger partial charge in [-0.15, -0.1) is 13.2 Å². The lowest BCUT2D eigenvalue weighted by atomic mass is 9.99. The Kier molecular flexibility index (Phi) is 12.6. The van der Waals surface area contributed by atoms with Gasteiger partial charge in [0.25, 0.3) is 11.8 Å². The smallest absolute Gasteiger partial charge is 0.406 e. The normalized spacial score (nSPS) is 15.9. The highest BCUT2D eigenvalue weighted by Crippen LogP contribution is 2.33. The van der Waals surface area contributed by atoms with E-state index in [-0.39, 0.29) is 54.0 Å². The zero-order valence-corrected chi connectivity index (χ0v) is 29.3. The first kappa shape index (κ1) is 38.3. The number of benzene rings is 4. The predicted octanol–water partition coefficient (Wildman–Crippen LogP) is 5.47. The second-order valence-electron chi connectivity index (χ2n) is 12.8. The molecular weight excluding hydrogens is 698 g/mol. The van der Waals surface area contributed by atoms with E-state index < -0.39 is 40.1 Å². The molecule has 2 amide bonds. The Hall–Kier alpha value is -4.92. The van der Waals surface area contributed by atoms with Crippen LogP contribution < -0.4 is 20.7 Å². The molecule has 0 bridgehead atoms.